The van der Waals surface area contributed by atoms with E-state index in [1.807, 2.05) is 36.7 Å². The quantitative estimate of drug-likeness (QED) is 0.408. The number of benzene rings is 2. The monoisotopic (exact) mass is 436 g/mol. The molecule has 0 radical (unpaired) electrons. The van der Waals surface area contributed by atoms with Crippen molar-refractivity contribution in [1.82, 2.24) is 9.78 Å². The number of rotatable bonds is 3. The molecule has 5 rings (SSSR count). The van der Waals surface area contributed by atoms with Crippen LogP contribution in [-0.4, -0.2) is 15.6 Å². The summed E-state index contributed by atoms with van der Waals surface area (Å²) in [6.45, 7) is 2.10. The standard InChI is InChI=1S/C25H21F3N3O/c1-16(17-5-3-2-4-6-17)30-12-11-22-19(15-30)14-29-31(22)23-10-8-18-7-9-20(25(26,27)28)13-21(18)24(23)32/h2-7,9,11-16,23H,8,10H2,1H3/q+1. The summed E-state index contributed by atoms with van der Waals surface area (Å²) in [5, 5.41) is 5.32. The minimum absolute atomic E-state index is 0.118. The van der Waals surface area contributed by atoms with Gasteiger partial charge < -0.3 is 0 Å². The normalized spacial score (nSPS) is 17.4. The molecule has 0 saturated heterocycles. The molecule has 0 aliphatic heterocycles. The number of hydrogen-bond donors (Lipinski definition) is 0. The Kier molecular flexibility index (Phi) is 4.84. The average molecular weight is 436 g/mol. The SMILES string of the molecule is CC(c1ccccc1)[n+]1ccc2c(cnn2C2CCc3ccc(C(F)(F)F)cc3C2=O)c1. The molecule has 0 fully saturated rings. The van der Waals surface area contributed by atoms with Gasteiger partial charge in [-0.3, -0.25) is 9.48 Å². The molecule has 1 aliphatic rings. The van der Waals surface area contributed by atoms with Crippen LogP contribution in [0.25, 0.3) is 10.9 Å². The van der Waals surface area contributed by atoms with E-state index in [0.717, 1.165) is 23.0 Å². The van der Waals surface area contributed by atoms with E-state index < -0.39 is 17.8 Å². The highest BCUT2D eigenvalue weighted by molar-refractivity contribution is 6.02. The van der Waals surface area contributed by atoms with Crippen molar-refractivity contribution in [3.63, 3.8) is 0 Å². The van der Waals surface area contributed by atoms with E-state index in [9.17, 15) is 18.0 Å². The Hall–Kier alpha value is -3.48. The molecule has 2 heterocycles. The number of Topliss-reactive ketones (excluding diaryl/α,β-unsaturated/α-hetero) is 1. The zero-order valence-electron chi connectivity index (χ0n) is 17.4. The summed E-state index contributed by atoms with van der Waals surface area (Å²) < 4.78 is 43.2. The van der Waals surface area contributed by atoms with Crippen molar-refractivity contribution in [3.05, 3.63) is 95.4 Å². The highest BCUT2D eigenvalue weighted by Gasteiger charge is 2.35. The first-order valence-electron chi connectivity index (χ1n) is 10.5. The van der Waals surface area contributed by atoms with Crippen molar-refractivity contribution in [2.75, 3.05) is 0 Å². The van der Waals surface area contributed by atoms with Crippen LogP contribution in [0.4, 0.5) is 13.2 Å². The smallest absolute Gasteiger partial charge is 0.292 e. The summed E-state index contributed by atoms with van der Waals surface area (Å²) in [7, 11) is 0. The van der Waals surface area contributed by atoms with E-state index >= 15 is 0 Å². The Morgan fingerprint density at radius 1 is 1.12 bits per heavy atom. The fourth-order valence-corrected chi connectivity index (χ4v) is 4.45. The predicted octanol–water partition coefficient (Wildman–Crippen LogP) is 5.32. The van der Waals surface area contributed by atoms with E-state index in [4.69, 9.17) is 0 Å². The Morgan fingerprint density at radius 2 is 1.91 bits per heavy atom. The number of aromatic nitrogens is 3. The highest BCUT2D eigenvalue weighted by atomic mass is 19.4. The highest BCUT2D eigenvalue weighted by Crippen LogP contribution is 2.35. The van der Waals surface area contributed by atoms with Gasteiger partial charge in [0.25, 0.3) is 0 Å². The van der Waals surface area contributed by atoms with Gasteiger partial charge in [-0.25, -0.2) is 0 Å². The van der Waals surface area contributed by atoms with Crippen LogP contribution in [0.2, 0.25) is 0 Å². The fourth-order valence-electron chi connectivity index (χ4n) is 4.45. The zero-order valence-corrected chi connectivity index (χ0v) is 17.4. The van der Waals surface area contributed by atoms with Gasteiger partial charge in [-0.1, -0.05) is 36.4 Å². The van der Waals surface area contributed by atoms with E-state index in [-0.39, 0.29) is 17.4 Å². The molecule has 2 unspecified atom stereocenters. The summed E-state index contributed by atoms with van der Waals surface area (Å²) in [6.07, 6.45) is 2.19. The maximum atomic E-state index is 13.2. The Morgan fingerprint density at radius 3 is 2.66 bits per heavy atom. The molecule has 162 valence electrons. The number of carbonyl (C=O) groups excluding carboxylic acids is 1. The second-order valence-corrected chi connectivity index (χ2v) is 8.20. The molecule has 32 heavy (non-hydrogen) atoms. The lowest BCUT2D eigenvalue weighted by Gasteiger charge is -2.25. The van der Waals surface area contributed by atoms with Gasteiger partial charge in [-0.2, -0.15) is 22.8 Å². The van der Waals surface area contributed by atoms with Crippen LogP contribution in [0, 0.1) is 0 Å². The Labute approximate surface area is 182 Å². The van der Waals surface area contributed by atoms with Gasteiger partial charge in [0.05, 0.1) is 22.7 Å². The first-order chi connectivity index (χ1) is 15.3. The van der Waals surface area contributed by atoms with Crippen LogP contribution in [0.1, 0.15) is 52.5 Å². The van der Waals surface area contributed by atoms with Gasteiger partial charge in [0.1, 0.15) is 6.04 Å². The molecular formula is C25H21F3N3O+. The number of aryl methyl sites for hydroxylation is 1. The Balaban J connectivity index is 1.49. The molecule has 2 atom stereocenters. The lowest BCUT2D eigenvalue weighted by atomic mass is 9.86. The van der Waals surface area contributed by atoms with Crippen LogP contribution in [0.15, 0.2) is 73.2 Å². The van der Waals surface area contributed by atoms with Crippen molar-refractivity contribution in [2.45, 2.75) is 38.0 Å². The maximum Gasteiger partial charge on any atom is 0.416 e. The first kappa shape index (κ1) is 20.4. The molecule has 1 aliphatic carbocycles. The second kappa shape index (κ2) is 7.58. The largest absolute Gasteiger partial charge is 0.416 e. The third-order valence-electron chi connectivity index (χ3n) is 6.27. The molecule has 7 heteroatoms. The van der Waals surface area contributed by atoms with Crippen molar-refractivity contribution in [2.24, 2.45) is 0 Å². The lowest BCUT2D eigenvalue weighted by molar-refractivity contribution is -0.709. The summed E-state index contributed by atoms with van der Waals surface area (Å²) in [4.78, 5) is 13.2. The number of halogens is 3. The molecule has 0 bridgehead atoms. The first-order valence-corrected chi connectivity index (χ1v) is 10.5. The van der Waals surface area contributed by atoms with Crippen LogP contribution < -0.4 is 4.57 Å². The maximum absolute atomic E-state index is 13.2. The van der Waals surface area contributed by atoms with E-state index in [1.54, 1.807) is 10.9 Å². The molecule has 4 nitrogen and oxygen atoms in total. The average Bonchev–Trinajstić information content (AvgIpc) is 3.22. The van der Waals surface area contributed by atoms with Crippen molar-refractivity contribution in [3.8, 4) is 0 Å². The van der Waals surface area contributed by atoms with Crippen LogP contribution >= 0.6 is 0 Å². The summed E-state index contributed by atoms with van der Waals surface area (Å²) in [6, 6.07) is 15.0. The van der Waals surface area contributed by atoms with Gasteiger partial charge in [0.15, 0.2) is 24.2 Å². The van der Waals surface area contributed by atoms with E-state index in [0.29, 0.717) is 18.4 Å². The van der Waals surface area contributed by atoms with Crippen molar-refractivity contribution < 1.29 is 22.5 Å². The number of pyridine rings is 1. The van der Waals surface area contributed by atoms with Gasteiger partial charge >= 0.3 is 6.18 Å². The molecule has 2 aromatic carbocycles. The van der Waals surface area contributed by atoms with Crippen molar-refractivity contribution in [1.29, 1.82) is 0 Å². The topological polar surface area (TPSA) is 38.8 Å². The minimum atomic E-state index is -4.48. The summed E-state index contributed by atoms with van der Waals surface area (Å²) in [5.74, 6) is -0.322. The van der Waals surface area contributed by atoms with Gasteiger partial charge in [0, 0.05) is 24.1 Å². The Bertz CT molecular complexity index is 1310. The number of fused-ring (bicyclic) bond motifs is 2. The molecule has 0 spiro atoms. The van der Waals surface area contributed by atoms with Crippen LogP contribution in [-0.2, 0) is 12.6 Å². The van der Waals surface area contributed by atoms with Crippen molar-refractivity contribution >= 4 is 16.7 Å². The third kappa shape index (κ3) is 3.47. The van der Waals surface area contributed by atoms with Gasteiger partial charge in [0.2, 0.25) is 0 Å². The molecule has 4 aromatic rings. The fraction of sp³-hybridized carbons (Fsp3) is 0.240. The van der Waals surface area contributed by atoms with Gasteiger partial charge in [-0.05, 0) is 30.5 Å². The number of ketones is 1. The predicted molar refractivity (Wildman–Crippen MR) is 113 cm³/mol. The van der Waals surface area contributed by atoms with E-state index in [2.05, 4.69) is 28.7 Å². The minimum Gasteiger partial charge on any atom is -0.292 e. The summed E-state index contributed by atoms with van der Waals surface area (Å²) in [5.41, 5.74) is 1.96. The number of alkyl halides is 3. The summed E-state index contributed by atoms with van der Waals surface area (Å²) >= 11 is 0. The number of nitrogens with zero attached hydrogens (tertiary/aromatic N) is 3. The third-order valence-corrected chi connectivity index (χ3v) is 6.27. The van der Waals surface area contributed by atoms with Gasteiger partial charge in [-0.15, -0.1) is 0 Å². The lowest BCUT2D eigenvalue weighted by Crippen LogP contribution is -2.37. The number of hydrogen-bond acceptors (Lipinski definition) is 2. The van der Waals surface area contributed by atoms with E-state index in [1.165, 1.54) is 11.6 Å². The zero-order chi connectivity index (χ0) is 22.5. The molecular weight excluding hydrogens is 415 g/mol. The molecule has 0 N–H and O–H groups in total. The molecule has 2 aromatic heterocycles. The number of carbonyl (C=O) groups is 1. The van der Waals surface area contributed by atoms with Crippen LogP contribution in [0.5, 0.6) is 0 Å². The van der Waals surface area contributed by atoms with Crippen LogP contribution in [0.3, 0.4) is 0 Å². The second-order valence-electron chi connectivity index (χ2n) is 8.20. The molecule has 0 saturated carbocycles. The molecule has 0 amide bonds.